The fourth-order valence-corrected chi connectivity index (χ4v) is 2.60. The first-order valence-corrected chi connectivity index (χ1v) is 8.86. The second-order valence-corrected chi connectivity index (χ2v) is 7.45. The Hall–Kier alpha value is -2.50. The minimum absolute atomic E-state index is 0.186. The average molecular weight is 360 g/mol. The zero-order valence-corrected chi connectivity index (χ0v) is 16.3. The molecule has 2 amide bonds. The van der Waals surface area contributed by atoms with E-state index in [2.05, 4.69) is 10.6 Å². The van der Waals surface area contributed by atoms with Gasteiger partial charge in [-0.25, -0.2) is 9.59 Å². The topological polar surface area (TPSA) is 76.7 Å². The molecule has 0 bridgehead atoms. The third-order valence-corrected chi connectivity index (χ3v) is 4.52. The lowest BCUT2D eigenvalue weighted by Gasteiger charge is -2.32. The van der Waals surface area contributed by atoms with Gasteiger partial charge >= 0.3 is 12.0 Å². The highest BCUT2D eigenvalue weighted by Crippen LogP contribution is 2.34. The molecule has 0 saturated carbocycles. The molecular weight excluding hydrogens is 332 g/mol. The van der Waals surface area contributed by atoms with E-state index in [0.717, 1.165) is 5.56 Å². The second kappa shape index (κ2) is 7.81. The van der Waals surface area contributed by atoms with Crippen LogP contribution < -0.4 is 15.4 Å². The maximum absolute atomic E-state index is 12.9. The van der Waals surface area contributed by atoms with Crippen molar-refractivity contribution in [2.75, 3.05) is 6.61 Å². The lowest BCUT2D eigenvalue weighted by atomic mass is 9.90. The van der Waals surface area contributed by atoms with Gasteiger partial charge in [-0.1, -0.05) is 39.0 Å². The van der Waals surface area contributed by atoms with Gasteiger partial charge in [-0.2, -0.15) is 0 Å². The molecule has 2 N–H and O–H groups in total. The first-order valence-electron chi connectivity index (χ1n) is 8.86. The van der Waals surface area contributed by atoms with Crippen molar-refractivity contribution in [2.45, 2.75) is 53.7 Å². The molecule has 0 fully saturated rings. The van der Waals surface area contributed by atoms with Crippen molar-refractivity contribution in [3.05, 3.63) is 41.1 Å². The van der Waals surface area contributed by atoms with Crippen LogP contribution in [-0.4, -0.2) is 24.7 Å². The monoisotopic (exact) mass is 360 g/mol. The molecule has 2 atom stereocenters. The third kappa shape index (κ3) is 4.36. The molecule has 0 saturated heterocycles. The molecular formula is C20H28N2O4. The Kier molecular flexibility index (Phi) is 5.95. The number of nitrogens with one attached hydrogen (secondary N) is 2. The number of carbonyl (C=O) groups excluding carboxylic acids is 2. The normalized spacial score (nSPS) is 18.7. The number of benzene rings is 1. The Morgan fingerprint density at radius 2 is 1.92 bits per heavy atom. The fourth-order valence-electron chi connectivity index (χ4n) is 2.60. The van der Waals surface area contributed by atoms with E-state index >= 15 is 0 Å². The van der Waals surface area contributed by atoms with Crippen molar-refractivity contribution in [1.82, 2.24) is 10.6 Å². The second-order valence-electron chi connectivity index (χ2n) is 7.45. The van der Waals surface area contributed by atoms with Crippen molar-refractivity contribution in [3.63, 3.8) is 0 Å². The Bertz CT molecular complexity index is 719. The van der Waals surface area contributed by atoms with Gasteiger partial charge in [0.1, 0.15) is 11.9 Å². The zero-order valence-electron chi connectivity index (χ0n) is 16.3. The Morgan fingerprint density at radius 3 is 2.54 bits per heavy atom. The summed E-state index contributed by atoms with van der Waals surface area (Å²) in [5.74, 6) is 0.179. The molecule has 142 valence electrons. The lowest BCUT2D eigenvalue weighted by molar-refractivity contribution is -0.149. The first kappa shape index (κ1) is 19.8. The summed E-state index contributed by atoms with van der Waals surface area (Å²) in [4.78, 5) is 24.9. The van der Waals surface area contributed by atoms with Crippen LogP contribution in [0.25, 0.3) is 0 Å². The van der Waals surface area contributed by atoms with Gasteiger partial charge in [-0.05, 0) is 32.3 Å². The molecule has 1 aromatic carbocycles. The average Bonchev–Trinajstić information content (AvgIpc) is 2.53. The molecule has 0 radical (unpaired) electrons. The molecule has 1 aromatic rings. The Morgan fingerprint density at radius 1 is 1.27 bits per heavy atom. The predicted octanol–water partition coefficient (Wildman–Crippen LogP) is 3.69. The predicted molar refractivity (Wildman–Crippen MR) is 99.7 cm³/mol. The summed E-state index contributed by atoms with van der Waals surface area (Å²) in [6, 6.07) is 6.37. The number of urea groups is 1. The summed E-state index contributed by atoms with van der Waals surface area (Å²) in [7, 11) is 0. The molecule has 1 aliphatic rings. The van der Waals surface area contributed by atoms with Gasteiger partial charge in [0.2, 0.25) is 0 Å². The van der Waals surface area contributed by atoms with E-state index in [-0.39, 0.29) is 17.6 Å². The zero-order chi connectivity index (χ0) is 19.5. The number of carbonyl (C=O) groups is 2. The molecule has 1 aliphatic heterocycles. The molecule has 0 spiro atoms. The summed E-state index contributed by atoms with van der Waals surface area (Å²) in [6.07, 6.45) is -0.282. The largest absolute Gasteiger partial charge is 0.494 e. The quantitative estimate of drug-likeness (QED) is 0.785. The van der Waals surface area contributed by atoms with Crippen LogP contribution in [-0.2, 0) is 9.53 Å². The van der Waals surface area contributed by atoms with Gasteiger partial charge in [0.25, 0.3) is 0 Å². The van der Waals surface area contributed by atoms with Crippen LogP contribution >= 0.6 is 0 Å². The molecule has 2 rings (SSSR count). The van der Waals surface area contributed by atoms with Crippen LogP contribution in [0.1, 0.15) is 53.1 Å². The lowest BCUT2D eigenvalue weighted by Crippen LogP contribution is -2.46. The van der Waals surface area contributed by atoms with Crippen LogP contribution in [0.4, 0.5) is 4.79 Å². The van der Waals surface area contributed by atoms with Gasteiger partial charge in [-0.3, -0.25) is 0 Å². The summed E-state index contributed by atoms with van der Waals surface area (Å²) in [5.41, 5.74) is 1.40. The van der Waals surface area contributed by atoms with E-state index in [1.807, 2.05) is 58.9 Å². The van der Waals surface area contributed by atoms with Gasteiger partial charge in [0, 0.05) is 11.3 Å². The standard InChI is InChI=1S/C20H28N2O4/c1-7-25-15-11-9-8-10-14(15)17-16(12(2)21-19(24)22-17)18(23)26-13(3)20(4,5)6/h8-11,13,17H,7H2,1-6H3,(H2,21,22,24). The molecule has 0 aromatic heterocycles. The SMILES string of the molecule is CCOc1ccccc1C1NC(=O)NC(C)=C1C(=O)OC(C)C(C)(C)C. The van der Waals surface area contributed by atoms with Crippen LogP contribution in [0.5, 0.6) is 5.75 Å². The van der Waals surface area contributed by atoms with E-state index in [1.165, 1.54) is 0 Å². The Balaban J connectivity index is 2.42. The summed E-state index contributed by atoms with van der Waals surface area (Å²) in [5, 5.41) is 5.48. The van der Waals surface area contributed by atoms with Gasteiger partial charge in [0.05, 0.1) is 18.2 Å². The number of ether oxygens (including phenoxy) is 2. The molecule has 2 unspecified atom stereocenters. The van der Waals surface area contributed by atoms with Crippen LogP contribution in [0.2, 0.25) is 0 Å². The van der Waals surface area contributed by atoms with Crippen molar-refractivity contribution in [2.24, 2.45) is 5.41 Å². The maximum atomic E-state index is 12.9. The summed E-state index contributed by atoms with van der Waals surface area (Å²) < 4.78 is 11.4. The minimum Gasteiger partial charge on any atom is -0.494 e. The van der Waals surface area contributed by atoms with E-state index in [1.54, 1.807) is 6.92 Å². The van der Waals surface area contributed by atoms with Crippen LogP contribution in [0.3, 0.4) is 0 Å². The Labute approximate surface area is 154 Å². The highest BCUT2D eigenvalue weighted by atomic mass is 16.5. The molecule has 1 heterocycles. The van der Waals surface area contributed by atoms with Gasteiger partial charge in [0.15, 0.2) is 0 Å². The van der Waals surface area contributed by atoms with Crippen molar-refractivity contribution in [3.8, 4) is 5.75 Å². The van der Waals surface area contributed by atoms with Crippen LogP contribution in [0, 0.1) is 5.41 Å². The number of hydrogen-bond acceptors (Lipinski definition) is 4. The number of hydrogen-bond donors (Lipinski definition) is 2. The molecule has 6 nitrogen and oxygen atoms in total. The van der Waals surface area contributed by atoms with Crippen molar-refractivity contribution >= 4 is 12.0 Å². The van der Waals surface area contributed by atoms with Crippen LogP contribution in [0.15, 0.2) is 35.5 Å². The van der Waals surface area contributed by atoms with Gasteiger partial charge < -0.3 is 20.1 Å². The molecule has 0 aliphatic carbocycles. The van der Waals surface area contributed by atoms with E-state index in [9.17, 15) is 9.59 Å². The van der Waals surface area contributed by atoms with Gasteiger partial charge in [-0.15, -0.1) is 0 Å². The van der Waals surface area contributed by atoms with E-state index in [0.29, 0.717) is 23.6 Å². The first-order chi connectivity index (χ1) is 12.1. The number of amides is 2. The summed E-state index contributed by atoms with van der Waals surface area (Å²) in [6.45, 7) is 12.0. The highest BCUT2D eigenvalue weighted by Gasteiger charge is 2.35. The fraction of sp³-hybridized carbons (Fsp3) is 0.500. The maximum Gasteiger partial charge on any atom is 0.338 e. The third-order valence-electron chi connectivity index (χ3n) is 4.52. The number of allylic oxidation sites excluding steroid dienone is 1. The van der Waals surface area contributed by atoms with Crippen molar-refractivity contribution < 1.29 is 19.1 Å². The van der Waals surface area contributed by atoms with E-state index < -0.39 is 12.0 Å². The number of para-hydroxylation sites is 1. The highest BCUT2D eigenvalue weighted by molar-refractivity contribution is 5.95. The minimum atomic E-state index is -0.633. The van der Waals surface area contributed by atoms with E-state index in [4.69, 9.17) is 9.47 Å². The summed E-state index contributed by atoms with van der Waals surface area (Å²) >= 11 is 0. The molecule has 6 heteroatoms. The number of rotatable bonds is 5. The van der Waals surface area contributed by atoms with Crippen molar-refractivity contribution in [1.29, 1.82) is 0 Å². The smallest absolute Gasteiger partial charge is 0.338 e. The number of esters is 1. The molecule has 26 heavy (non-hydrogen) atoms.